The van der Waals surface area contributed by atoms with Crippen molar-refractivity contribution in [1.82, 2.24) is 0 Å². The SMILES string of the molecule is C[C@H]1CC[C@H](C2CCC(c3ccc(O)cc3)(c3ccc(O)cc3)CC2)CC1. The van der Waals surface area contributed by atoms with Crippen molar-refractivity contribution in [3.63, 3.8) is 0 Å². The largest absolute Gasteiger partial charge is 0.508 e. The van der Waals surface area contributed by atoms with E-state index in [0.29, 0.717) is 11.5 Å². The summed E-state index contributed by atoms with van der Waals surface area (Å²) >= 11 is 0. The molecule has 2 N–H and O–H groups in total. The fourth-order valence-electron chi connectivity index (χ4n) is 5.67. The lowest BCUT2D eigenvalue weighted by Gasteiger charge is -2.44. The molecule has 0 aromatic heterocycles. The van der Waals surface area contributed by atoms with Gasteiger partial charge in [-0.15, -0.1) is 0 Å². The first-order valence-corrected chi connectivity index (χ1v) is 10.7. The third-order valence-electron chi connectivity index (χ3n) is 7.45. The minimum absolute atomic E-state index is 0.000140. The molecule has 0 heterocycles. The number of hydrogen-bond acceptors (Lipinski definition) is 2. The van der Waals surface area contributed by atoms with Crippen LogP contribution in [0.2, 0.25) is 0 Å². The average Bonchev–Trinajstić information content (AvgIpc) is 2.70. The second kappa shape index (κ2) is 7.58. The van der Waals surface area contributed by atoms with Crippen LogP contribution in [-0.2, 0) is 5.41 Å². The Morgan fingerprint density at radius 2 is 1.04 bits per heavy atom. The Morgan fingerprint density at radius 1 is 0.630 bits per heavy atom. The summed E-state index contributed by atoms with van der Waals surface area (Å²) in [7, 11) is 0. The first-order chi connectivity index (χ1) is 13.1. The molecule has 2 aromatic rings. The van der Waals surface area contributed by atoms with Crippen LogP contribution in [0, 0.1) is 17.8 Å². The fourth-order valence-corrected chi connectivity index (χ4v) is 5.67. The number of phenolic OH excluding ortho intramolecular Hbond substituents is 2. The van der Waals surface area contributed by atoms with Gasteiger partial charge in [0, 0.05) is 5.41 Å². The van der Waals surface area contributed by atoms with Crippen LogP contribution < -0.4 is 0 Å². The van der Waals surface area contributed by atoms with Crippen LogP contribution in [0.1, 0.15) is 69.4 Å². The Bertz CT molecular complexity index is 683. The highest BCUT2D eigenvalue weighted by Crippen LogP contribution is 2.50. The second-order valence-electron chi connectivity index (χ2n) is 9.03. The van der Waals surface area contributed by atoms with Crippen molar-refractivity contribution < 1.29 is 10.2 Å². The summed E-state index contributed by atoms with van der Waals surface area (Å²) in [5.74, 6) is 3.34. The molecule has 2 heteroatoms. The Kier molecular flexibility index (Phi) is 5.16. The highest BCUT2D eigenvalue weighted by Gasteiger charge is 2.40. The van der Waals surface area contributed by atoms with Gasteiger partial charge in [0.2, 0.25) is 0 Å². The lowest BCUT2D eigenvalue weighted by molar-refractivity contribution is 0.147. The van der Waals surface area contributed by atoms with Crippen molar-refractivity contribution >= 4 is 0 Å². The van der Waals surface area contributed by atoms with Gasteiger partial charge in [0.05, 0.1) is 0 Å². The zero-order valence-corrected chi connectivity index (χ0v) is 16.4. The number of rotatable bonds is 3. The summed E-state index contributed by atoms with van der Waals surface area (Å²) in [6.07, 6.45) is 10.5. The summed E-state index contributed by atoms with van der Waals surface area (Å²) in [6.45, 7) is 2.40. The maximum absolute atomic E-state index is 9.75. The Morgan fingerprint density at radius 3 is 1.48 bits per heavy atom. The Balaban J connectivity index is 1.59. The van der Waals surface area contributed by atoms with Gasteiger partial charge in [-0.3, -0.25) is 0 Å². The summed E-state index contributed by atoms with van der Waals surface area (Å²) in [4.78, 5) is 0. The number of benzene rings is 2. The van der Waals surface area contributed by atoms with E-state index < -0.39 is 0 Å². The van der Waals surface area contributed by atoms with Gasteiger partial charge in [0.1, 0.15) is 11.5 Å². The highest BCUT2D eigenvalue weighted by atomic mass is 16.3. The van der Waals surface area contributed by atoms with E-state index in [1.54, 1.807) is 0 Å². The van der Waals surface area contributed by atoms with Gasteiger partial charge in [-0.1, -0.05) is 44.0 Å². The van der Waals surface area contributed by atoms with E-state index in [9.17, 15) is 10.2 Å². The molecule has 0 aliphatic heterocycles. The van der Waals surface area contributed by atoms with E-state index >= 15 is 0 Å². The molecule has 27 heavy (non-hydrogen) atoms. The van der Waals surface area contributed by atoms with Crippen LogP contribution >= 0.6 is 0 Å². The Labute approximate surface area is 163 Å². The summed E-state index contributed by atoms with van der Waals surface area (Å²) < 4.78 is 0. The quantitative estimate of drug-likeness (QED) is 0.661. The predicted molar refractivity (Wildman–Crippen MR) is 110 cm³/mol. The average molecular weight is 365 g/mol. The molecule has 2 aromatic carbocycles. The smallest absolute Gasteiger partial charge is 0.115 e. The number of phenols is 2. The highest BCUT2D eigenvalue weighted by molar-refractivity contribution is 5.43. The molecule has 0 atom stereocenters. The molecule has 2 fully saturated rings. The summed E-state index contributed by atoms with van der Waals surface area (Å²) in [5.41, 5.74) is 2.59. The normalized spacial score (nSPS) is 26.0. The van der Waals surface area contributed by atoms with Gasteiger partial charge in [-0.05, 0) is 91.7 Å². The molecule has 0 unspecified atom stereocenters. The summed E-state index contributed by atoms with van der Waals surface area (Å²) in [6, 6.07) is 15.6. The fraction of sp³-hybridized carbons (Fsp3) is 0.520. The van der Waals surface area contributed by atoms with Crippen molar-refractivity contribution in [3.8, 4) is 11.5 Å². The van der Waals surface area contributed by atoms with Gasteiger partial charge in [-0.25, -0.2) is 0 Å². The molecular formula is C25H32O2. The minimum Gasteiger partial charge on any atom is -0.508 e. The molecule has 0 saturated heterocycles. The molecule has 0 radical (unpaired) electrons. The molecule has 4 rings (SSSR count). The minimum atomic E-state index is -0.000140. The first-order valence-electron chi connectivity index (χ1n) is 10.7. The summed E-state index contributed by atoms with van der Waals surface area (Å²) in [5, 5.41) is 19.5. The standard InChI is InChI=1S/C25H32O2/c1-18-2-4-19(5-3-18)20-14-16-25(17-15-20,21-6-10-23(26)11-7-21)22-8-12-24(27)13-9-22/h6-13,18-20,26-27H,2-5,14-17H2,1H3/t18-,19-. The van der Waals surface area contributed by atoms with Gasteiger partial charge in [0.15, 0.2) is 0 Å². The second-order valence-corrected chi connectivity index (χ2v) is 9.03. The van der Waals surface area contributed by atoms with E-state index in [0.717, 1.165) is 30.6 Å². The van der Waals surface area contributed by atoms with Crippen LogP contribution in [0.25, 0.3) is 0 Å². The first kappa shape index (κ1) is 18.4. The topological polar surface area (TPSA) is 40.5 Å². The van der Waals surface area contributed by atoms with E-state index in [1.807, 2.05) is 24.3 Å². The molecular weight excluding hydrogens is 332 g/mol. The molecule has 2 aliphatic rings. The molecule has 2 saturated carbocycles. The number of hydrogen-bond donors (Lipinski definition) is 2. The lowest BCUT2D eigenvalue weighted by atomic mass is 9.60. The maximum Gasteiger partial charge on any atom is 0.115 e. The molecule has 0 amide bonds. The van der Waals surface area contributed by atoms with Crippen LogP contribution in [0.15, 0.2) is 48.5 Å². The van der Waals surface area contributed by atoms with E-state index in [4.69, 9.17) is 0 Å². The third kappa shape index (κ3) is 3.72. The molecule has 0 spiro atoms. The van der Waals surface area contributed by atoms with Gasteiger partial charge < -0.3 is 10.2 Å². The van der Waals surface area contributed by atoms with Crippen molar-refractivity contribution in [2.45, 2.75) is 63.7 Å². The van der Waals surface area contributed by atoms with Gasteiger partial charge >= 0.3 is 0 Å². The zero-order chi connectivity index (χ0) is 18.9. The van der Waals surface area contributed by atoms with Crippen molar-refractivity contribution in [2.75, 3.05) is 0 Å². The Hall–Kier alpha value is -1.96. The number of aromatic hydroxyl groups is 2. The van der Waals surface area contributed by atoms with Gasteiger partial charge in [0.25, 0.3) is 0 Å². The molecule has 2 nitrogen and oxygen atoms in total. The third-order valence-corrected chi connectivity index (χ3v) is 7.45. The molecule has 2 aliphatic carbocycles. The zero-order valence-electron chi connectivity index (χ0n) is 16.4. The maximum atomic E-state index is 9.75. The van der Waals surface area contributed by atoms with Crippen LogP contribution in [-0.4, -0.2) is 10.2 Å². The van der Waals surface area contributed by atoms with Crippen molar-refractivity contribution in [1.29, 1.82) is 0 Å². The van der Waals surface area contributed by atoms with E-state index in [1.165, 1.54) is 49.7 Å². The van der Waals surface area contributed by atoms with E-state index in [2.05, 4.69) is 31.2 Å². The monoisotopic (exact) mass is 364 g/mol. The van der Waals surface area contributed by atoms with Crippen LogP contribution in [0.3, 0.4) is 0 Å². The lowest BCUT2D eigenvalue weighted by Crippen LogP contribution is -2.35. The molecule has 144 valence electrons. The van der Waals surface area contributed by atoms with Gasteiger partial charge in [-0.2, -0.15) is 0 Å². The van der Waals surface area contributed by atoms with Crippen LogP contribution in [0.4, 0.5) is 0 Å². The van der Waals surface area contributed by atoms with E-state index in [-0.39, 0.29) is 5.41 Å². The predicted octanol–water partition coefficient (Wildman–Crippen LogP) is 6.40. The van der Waals surface area contributed by atoms with Crippen molar-refractivity contribution in [2.24, 2.45) is 17.8 Å². The molecule has 0 bridgehead atoms. The van der Waals surface area contributed by atoms with Crippen LogP contribution in [0.5, 0.6) is 11.5 Å². The van der Waals surface area contributed by atoms with Crippen molar-refractivity contribution in [3.05, 3.63) is 59.7 Å².